The summed E-state index contributed by atoms with van der Waals surface area (Å²) in [5, 5.41) is 0. The maximum atomic E-state index is 2.44. The number of halogens is 2. The van der Waals surface area contributed by atoms with Gasteiger partial charge in [-0.15, -0.1) is 0 Å². The lowest BCUT2D eigenvalue weighted by Crippen LogP contribution is -2.17. The summed E-state index contributed by atoms with van der Waals surface area (Å²) in [7, 11) is 0. The van der Waals surface area contributed by atoms with Gasteiger partial charge in [-0.05, 0) is 80.9 Å². The van der Waals surface area contributed by atoms with Crippen molar-refractivity contribution in [2.24, 2.45) is 0 Å². The van der Waals surface area contributed by atoms with Gasteiger partial charge in [0.15, 0.2) is 0 Å². The Bertz CT molecular complexity index is 550. The lowest BCUT2D eigenvalue weighted by atomic mass is 9.79. The van der Waals surface area contributed by atoms with Crippen LogP contribution in [0.2, 0.25) is 0 Å². The van der Waals surface area contributed by atoms with Gasteiger partial charge < -0.3 is 0 Å². The van der Waals surface area contributed by atoms with Gasteiger partial charge in [-0.1, -0.05) is 31.6 Å². The number of hydrogen-bond acceptors (Lipinski definition) is 0. The molecule has 0 heterocycles. The minimum atomic E-state index is 0.200. The molecule has 1 atom stereocenters. The van der Waals surface area contributed by atoms with Gasteiger partial charge in [0.25, 0.3) is 0 Å². The molecule has 0 saturated carbocycles. The normalized spacial score (nSPS) is 24.8. The molecule has 0 aromatic heterocycles. The van der Waals surface area contributed by atoms with Gasteiger partial charge in [-0.25, -0.2) is 0 Å². The second-order valence-corrected chi connectivity index (χ2v) is 7.82. The number of allylic oxidation sites excluding steroid dienone is 4. The van der Waals surface area contributed by atoms with Crippen LogP contribution in [0.3, 0.4) is 0 Å². The van der Waals surface area contributed by atoms with Crippen LogP contribution in [0.1, 0.15) is 37.3 Å². The third-order valence-corrected chi connectivity index (χ3v) is 5.43. The van der Waals surface area contributed by atoms with Gasteiger partial charge in [0.05, 0.1) is 0 Å². The van der Waals surface area contributed by atoms with Gasteiger partial charge in [0.1, 0.15) is 0 Å². The van der Waals surface area contributed by atoms with Crippen molar-refractivity contribution in [3.8, 4) is 0 Å². The van der Waals surface area contributed by atoms with E-state index < -0.39 is 0 Å². The molecule has 0 aliphatic heterocycles. The minimum absolute atomic E-state index is 0.200. The van der Waals surface area contributed by atoms with E-state index in [0.717, 1.165) is 0 Å². The molecule has 0 bridgehead atoms. The molecule has 2 aliphatic rings. The van der Waals surface area contributed by atoms with Gasteiger partial charge in [-0.2, -0.15) is 0 Å². The Hall–Kier alpha value is 0.160. The van der Waals surface area contributed by atoms with Crippen molar-refractivity contribution in [3.63, 3.8) is 0 Å². The minimum Gasteiger partial charge on any atom is -0.0702 e. The van der Waals surface area contributed by atoms with E-state index in [4.69, 9.17) is 0 Å². The van der Waals surface area contributed by atoms with Crippen LogP contribution in [0.4, 0.5) is 0 Å². The maximum absolute atomic E-state index is 2.44. The summed E-state index contributed by atoms with van der Waals surface area (Å²) in [5.41, 5.74) is 4.87. The average Bonchev–Trinajstić information content (AvgIpc) is 2.49. The number of hydrogen-bond donors (Lipinski definition) is 0. The number of benzene rings is 1. The molecular weight excluding hydrogens is 434 g/mol. The Morgan fingerprint density at radius 2 is 2.00 bits per heavy atom. The van der Waals surface area contributed by atoms with Gasteiger partial charge >= 0.3 is 0 Å². The van der Waals surface area contributed by atoms with Crippen LogP contribution in [-0.4, -0.2) is 0 Å². The lowest BCUT2D eigenvalue weighted by Gasteiger charge is -2.26. The topological polar surface area (TPSA) is 0 Å². The number of fused-ring (bicyclic) bond motifs is 3. The molecule has 1 aromatic carbocycles. The molecule has 0 spiro atoms. The zero-order chi connectivity index (χ0) is 12.2. The predicted octanol–water partition coefficient (Wildman–Crippen LogP) is 5.32. The van der Waals surface area contributed by atoms with E-state index in [2.05, 4.69) is 89.4 Å². The number of rotatable bonds is 0. The first kappa shape index (κ1) is 12.2. The van der Waals surface area contributed by atoms with Crippen molar-refractivity contribution in [1.82, 2.24) is 0 Å². The third kappa shape index (κ3) is 1.82. The standard InChI is InChI=1S/C15H14I2/c1-15(2)13-7-9(16)3-5-11(13)12-6-4-10(17)8-14(12)15/h3-5,7-8,12H,6H2,1-2H3. The highest BCUT2D eigenvalue weighted by molar-refractivity contribution is 14.1. The van der Waals surface area contributed by atoms with E-state index in [9.17, 15) is 0 Å². The first-order valence-electron chi connectivity index (χ1n) is 5.88. The fraction of sp³-hybridized carbons (Fsp3) is 0.333. The monoisotopic (exact) mass is 448 g/mol. The molecular formula is C15H14I2. The van der Waals surface area contributed by atoms with Crippen LogP contribution in [0.5, 0.6) is 0 Å². The van der Waals surface area contributed by atoms with Crippen molar-refractivity contribution in [1.29, 1.82) is 0 Å². The first-order valence-corrected chi connectivity index (χ1v) is 8.03. The molecule has 0 saturated heterocycles. The first-order chi connectivity index (χ1) is 8.00. The Kier molecular flexibility index (Phi) is 2.93. The molecule has 2 aliphatic carbocycles. The van der Waals surface area contributed by atoms with Crippen molar-refractivity contribution in [2.75, 3.05) is 0 Å². The van der Waals surface area contributed by atoms with Crippen LogP contribution in [-0.2, 0) is 5.41 Å². The molecule has 1 aromatic rings. The summed E-state index contributed by atoms with van der Waals surface area (Å²) in [6, 6.07) is 6.93. The molecule has 0 N–H and O–H groups in total. The highest BCUT2D eigenvalue weighted by Crippen LogP contribution is 2.53. The average molecular weight is 448 g/mol. The van der Waals surface area contributed by atoms with Crippen LogP contribution in [0.25, 0.3) is 0 Å². The zero-order valence-corrected chi connectivity index (χ0v) is 14.2. The van der Waals surface area contributed by atoms with Crippen molar-refractivity contribution in [2.45, 2.75) is 31.6 Å². The molecule has 0 amide bonds. The van der Waals surface area contributed by atoms with Crippen molar-refractivity contribution in [3.05, 3.63) is 54.2 Å². The summed E-state index contributed by atoms with van der Waals surface area (Å²) >= 11 is 4.85. The predicted molar refractivity (Wildman–Crippen MR) is 89.7 cm³/mol. The summed E-state index contributed by atoms with van der Waals surface area (Å²) in [6.45, 7) is 4.73. The van der Waals surface area contributed by atoms with Gasteiger partial charge in [-0.3, -0.25) is 0 Å². The summed E-state index contributed by atoms with van der Waals surface area (Å²) < 4.78 is 2.74. The van der Waals surface area contributed by atoms with E-state index >= 15 is 0 Å². The van der Waals surface area contributed by atoms with E-state index in [1.54, 1.807) is 11.1 Å². The SMILES string of the molecule is CC1(C)C2=CC(I)=CCC2c2ccc(I)cc21. The van der Waals surface area contributed by atoms with E-state index in [0.29, 0.717) is 5.92 Å². The maximum Gasteiger partial charge on any atom is 0.0133 e. The van der Waals surface area contributed by atoms with Crippen LogP contribution < -0.4 is 0 Å². The molecule has 17 heavy (non-hydrogen) atoms. The molecule has 0 nitrogen and oxygen atoms in total. The summed E-state index contributed by atoms with van der Waals surface area (Å²) in [5.74, 6) is 0.621. The van der Waals surface area contributed by atoms with Crippen molar-refractivity contribution >= 4 is 45.2 Å². The molecule has 0 fully saturated rings. The fourth-order valence-electron chi connectivity index (χ4n) is 3.11. The highest BCUT2D eigenvalue weighted by atomic mass is 127. The smallest absolute Gasteiger partial charge is 0.0133 e. The van der Waals surface area contributed by atoms with E-state index in [1.807, 2.05) is 0 Å². The largest absolute Gasteiger partial charge is 0.0702 e. The van der Waals surface area contributed by atoms with Crippen molar-refractivity contribution < 1.29 is 0 Å². The van der Waals surface area contributed by atoms with E-state index in [1.165, 1.54) is 19.1 Å². The Morgan fingerprint density at radius 3 is 2.76 bits per heavy atom. The van der Waals surface area contributed by atoms with Gasteiger partial charge in [0.2, 0.25) is 0 Å². The Morgan fingerprint density at radius 1 is 1.24 bits per heavy atom. The van der Waals surface area contributed by atoms with Gasteiger partial charge in [0, 0.05) is 18.5 Å². The van der Waals surface area contributed by atoms with E-state index in [-0.39, 0.29) is 5.41 Å². The second-order valence-electron chi connectivity index (χ2n) is 5.33. The molecule has 3 rings (SSSR count). The zero-order valence-electron chi connectivity index (χ0n) is 9.93. The molecule has 1 unspecified atom stereocenters. The summed E-state index contributed by atoms with van der Waals surface area (Å²) in [4.78, 5) is 0. The summed E-state index contributed by atoms with van der Waals surface area (Å²) in [6.07, 6.45) is 5.92. The van der Waals surface area contributed by atoms with Crippen LogP contribution in [0, 0.1) is 3.57 Å². The molecule has 0 radical (unpaired) electrons. The highest BCUT2D eigenvalue weighted by Gasteiger charge is 2.41. The Labute approximate surface area is 130 Å². The Balaban J connectivity index is 2.23. The lowest BCUT2D eigenvalue weighted by molar-refractivity contribution is 0.612. The quantitative estimate of drug-likeness (QED) is 0.472. The molecule has 2 heteroatoms. The second kappa shape index (κ2) is 4.08. The van der Waals surface area contributed by atoms with Crippen LogP contribution >= 0.6 is 45.2 Å². The fourth-order valence-corrected chi connectivity index (χ4v) is 4.19. The molecule has 88 valence electrons. The third-order valence-electron chi connectivity index (χ3n) is 4.00. The van der Waals surface area contributed by atoms with Crippen LogP contribution in [0.15, 0.2) is 39.5 Å².